The van der Waals surface area contributed by atoms with Gasteiger partial charge in [-0.2, -0.15) is 0 Å². The molecule has 0 spiro atoms. The molecule has 0 bridgehead atoms. The van der Waals surface area contributed by atoms with Crippen LogP contribution in [0.5, 0.6) is 5.75 Å². The fraction of sp³-hybridized carbons (Fsp3) is 0.538. The molecule has 18 heavy (non-hydrogen) atoms. The highest BCUT2D eigenvalue weighted by atomic mass is 32.2. The van der Waals surface area contributed by atoms with Gasteiger partial charge in [0.25, 0.3) is 0 Å². The van der Waals surface area contributed by atoms with E-state index in [-0.39, 0.29) is 6.04 Å². The van der Waals surface area contributed by atoms with Crippen LogP contribution in [-0.2, 0) is 10.8 Å². The predicted molar refractivity (Wildman–Crippen MR) is 78.7 cm³/mol. The molecule has 0 heterocycles. The van der Waals surface area contributed by atoms with Gasteiger partial charge in [0.05, 0.1) is 12.3 Å². The van der Waals surface area contributed by atoms with Crippen LogP contribution in [0, 0.1) is 0 Å². The molecule has 0 aliphatic heterocycles. The molecule has 0 fully saturated rings. The second-order valence-corrected chi connectivity index (χ2v) is 5.85. The maximum absolute atomic E-state index is 11.0. The Hall–Kier alpha value is -1.23. The number of nitrogens with two attached hydrogens (primary N) is 1. The summed E-state index contributed by atoms with van der Waals surface area (Å²) in [6.45, 7) is 4.60. The van der Waals surface area contributed by atoms with Crippen LogP contribution < -0.4 is 15.8 Å². The first-order valence-electron chi connectivity index (χ1n) is 6.11. The van der Waals surface area contributed by atoms with E-state index in [1.54, 1.807) is 6.26 Å². The quantitative estimate of drug-likeness (QED) is 0.746. The summed E-state index contributed by atoms with van der Waals surface area (Å²) in [5.41, 5.74) is 7.43. The molecule has 0 aliphatic carbocycles. The zero-order valence-corrected chi connectivity index (χ0v) is 12.0. The van der Waals surface area contributed by atoms with Crippen LogP contribution in [0.25, 0.3) is 0 Å². The Bertz CT molecular complexity index is 410. The first kappa shape index (κ1) is 14.8. The van der Waals surface area contributed by atoms with Crippen LogP contribution >= 0.6 is 0 Å². The van der Waals surface area contributed by atoms with E-state index in [0.717, 1.165) is 12.1 Å². The summed E-state index contributed by atoms with van der Waals surface area (Å²) >= 11 is 0. The predicted octanol–water partition coefficient (Wildman–Crippen LogP) is 2.24. The SMILES string of the molecule is CCOc1cc(NC(C)CCS(C)=O)ccc1N. The Kier molecular flexibility index (Phi) is 5.98. The Morgan fingerprint density at radius 2 is 2.22 bits per heavy atom. The van der Waals surface area contributed by atoms with E-state index in [4.69, 9.17) is 10.5 Å². The highest BCUT2D eigenvalue weighted by Crippen LogP contribution is 2.26. The first-order chi connectivity index (χ1) is 8.52. The summed E-state index contributed by atoms with van der Waals surface area (Å²) in [5, 5.41) is 3.35. The number of anilines is 2. The van der Waals surface area contributed by atoms with Crippen molar-refractivity contribution in [2.45, 2.75) is 26.3 Å². The van der Waals surface area contributed by atoms with E-state index in [0.29, 0.717) is 23.8 Å². The van der Waals surface area contributed by atoms with E-state index < -0.39 is 10.8 Å². The molecular weight excluding hydrogens is 248 g/mol. The zero-order chi connectivity index (χ0) is 13.5. The third kappa shape index (κ3) is 4.96. The fourth-order valence-electron chi connectivity index (χ4n) is 1.60. The number of benzene rings is 1. The summed E-state index contributed by atoms with van der Waals surface area (Å²) in [6.07, 6.45) is 2.60. The molecule has 2 atom stereocenters. The van der Waals surface area contributed by atoms with E-state index in [2.05, 4.69) is 12.2 Å². The molecule has 0 aromatic heterocycles. The third-order valence-corrected chi connectivity index (χ3v) is 3.38. The standard InChI is InChI=1S/C13H22N2O2S/c1-4-17-13-9-11(5-6-12(13)14)15-10(2)7-8-18(3)16/h5-6,9-10,15H,4,7-8,14H2,1-3H3. The molecule has 1 aromatic rings. The Labute approximate surface area is 111 Å². The molecule has 0 amide bonds. The Morgan fingerprint density at radius 1 is 1.50 bits per heavy atom. The average molecular weight is 270 g/mol. The minimum atomic E-state index is -0.740. The van der Waals surface area contributed by atoms with Gasteiger partial charge in [-0.15, -0.1) is 0 Å². The highest BCUT2D eigenvalue weighted by Gasteiger charge is 2.06. The monoisotopic (exact) mass is 270 g/mol. The van der Waals surface area contributed by atoms with Crippen molar-refractivity contribution in [1.82, 2.24) is 0 Å². The van der Waals surface area contributed by atoms with Crippen molar-refractivity contribution in [3.8, 4) is 5.75 Å². The smallest absolute Gasteiger partial charge is 0.144 e. The maximum Gasteiger partial charge on any atom is 0.144 e. The Morgan fingerprint density at radius 3 is 2.83 bits per heavy atom. The molecule has 3 N–H and O–H groups in total. The van der Waals surface area contributed by atoms with Gasteiger partial charge in [-0.05, 0) is 32.4 Å². The highest BCUT2D eigenvalue weighted by molar-refractivity contribution is 7.84. The van der Waals surface area contributed by atoms with Crippen molar-refractivity contribution in [2.24, 2.45) is 0 Å². The van der Waals surface area contributed by atoms with Crippen molar-refractivity contribution in [2.75, 3.05) is 29.7 Å². The van der Waals surface area contributed by atoms with E-state index in [1.165, 1.54) is 0 Å². The zero-order valence-electron chi connectivity index (χ0n) is 11.2. The molecule has 0 radical (unpaired) electrons. The minimum absolute atomic E-state index is 0.270. The second-order valence-electron chi connectivity index (χ2n) is 4.30. The summed E-state index contributed by atoms with van der Waals surface area (Å²) in [4.78, 5) is 0. The number of rotatable bonds is 7. The van der Waals surface area contributed by atoms with Crippen molar-refractivity contribution in [1.29, 1.82) is 0 Å². The number of nitrogen functional groups attached to an aromatic ring is 1. The average Bonchev–Trinajstić information content (AvgIpc) is 2.31. The molecular formula is C13H22N2O2S. The topological polar surface area (TPSA) is 64.3 Å². The van der Waals surface area contributed by atoms with Gasteiger partial charge in [0, 0.05) is 40.6 Å². The normalized spacial score (nSPS) is 13.9. The number of ether oxygens (including phenoxy) is 1. The lowest BCUT2D eigenvalue weighted by atomic mass is 10.2. The maximum atomic E-state index is 11.0. The molecule has 4 nitrogen and oxygen atoms in total. The van der Waals surface area contributed by atoms with Crippen molar-refractivity contribution in [3.63, 3.8) is 0 Å². The molecule has 1 rings (SSSR count). The summed E-state index contributed by atoms with van der Waals surface area (Å²) in [6, 6.07) is 5.93. The largest absolute Gasteiger partial charge is 0.492 e. The first-order valence-corrected chi connectivity index (χ1v) is 7.84. The lowest BCUT2D eigenvalue weighted by Crippen LogP contribution is -2.17. The molecule has 102 valence electrons. The van der Waals surface area contributed by atoms with Gasteiger partial charge in [0.2, 0.25) is 0 Å². The Balaban J connectivity index is 2.61. The molecule has 2 unspecified atom stereocenters. The van der Waals surface area contributed by atoms with Crippen molar-refractivity contribution >= 4 is 22.2 Å². The summed E-state index contributed by atoms with van der Waals surface area (Å²) < 4.78 is 16.5. The minimum Gasteiger partial charge on any atom is -0.492 e. The number of nitrogens with one attached hydrogen (secondary N) is 1. The van der Waals surface area contributed by atoms with E-state index >= 15 is 0 Å². The van der Waals surface area contributed by atoms with Crippen LogP contribution in [0.4, 0.5) is 11.4 Å². The van der Waals surface area contributed by atoms with Crippen LogP contribution in [0.3, 0.4) is 0 Å². The molecule has 0 aliphatic rings. The van der Waals surface area contributed by atoms with Gasteiger partial charge in [0.1, 0.15) is 5.75 Å². The van der Waals surface area contributed by atoms with Gasteiger partial charge in [-0.3, -0.25) is 4.21 Å². The lowest BCUT2D eigenvalue weighted by Gasteiger charge is -2.16. The van der Waals surface area contributed by atoms with Crippen LogP contribution in [0.2, 0.25) is 0 Å². The van der Waals surface area contributed by atoms with E-state index in [9.17, 15) is 4.21 Å². The lowest BCUT2D eigenvalue weighted by molar-refractivity contribution is 0.342. The van der Waals surface area contributed by atoms with Gasteiger partial charge < -0.3 is 15.8 Å². The molecule has 0 saturated heterocycles. The van der Waals surface area contributed by atoms with Gasteiger partial charge in [-0.25, -0.2) is 0 Å². The van der Waals surface area contributed by atoms with Gasteiger partial charge >= 0.3 is 0 Å². The van der Waals surface area contributed by atoms with Crippen LogP contribution in [-0.4, -0.2) is 28.9 Å². The summed E-state index contributed by atoms with van der Waals surface area (Å²) in [7, 11) is -0.740. The fourth-order valence-corrected chi connectivity index (χ4v) is 2.29. The summed E-state index contributed by atoms with van der Waals surface area (Å²) in [5.74, 6) is 1.41. The second kappa shape index (κ2) is 7.26. The molecule has 0 saturated carbocycles. The van der Waals surface area contributed by atoms with Crippen LogP contribution in [0.1, 0.15) is 20.3 Å². The number of hydrogen-bond acceptors (Lipinski definition) is 4. The van der Waals surface area contributed by atoms with Crippen molar-refractivity contribution in [3.05, 3.63) is 18.2 Å². The van der Waals surface area contributed by atoms with Crippen LogP contribution in [0.15, 0.2) is 18.2 Å². The van der Waals surface area contributed by atoms with E-state index in [1.807, 2.05) is 25.1 Å². The number of hydrogen-bond donors (Lipinski definition) is 2. The van der Waals surface area contributed by atoms with Gasteiger partial charge in [-0.1, -0.05) is 0 Å². The molecule has 1 aromatic carbocycles. The van der Waals surface area contributed by atoms with Gasteiger partial charge in [0.15, 0.2) is 0 Å². The molecule has 5 heteroatoms. The third-order valence-electron chi connectivity index (χ3n) is 2.56. The van der Waals surface area contributed by atoms with Crippen molar-refractivity contribution < 1.29 is 8.95 Å².